The maximum absolute atomic E-state index is 12.4. The number of methoxy groups -OCH3 is 1. The van der Waals surface area contributed by atoms with Crippen LogP contribution in [0.1, 0.15) is 33.8 Å². The lowest BCUT2D eigenvalue weighted by Crippen LogP contribution is -2.20. The topological polar surface area (TPSA) is 26.3 Å². The van der Waals surface area contributed by atoms with Gasteiger partial charge >= 0.3 is 0 Å². The second-order valence-corrected chi connectivity index (χ2v) is 4.93. The van der Waals surface area contributed by atoms with Gasteiger partial charge < -0.3 is 4.74 Å². The van der Waals surface area contributed by atoms with Crippen LogP contribution < -0.4 is 4.74 Å². The van der Waals surface area contributed by atoms with Gasteiger partial charge in [-0.05, 0) is 35.6 Å². The van der Waals surface area contributed by atoms with Gasteiger partial charge in [-0.25, -0.2) is 0 Å². The Labute approximate surface area is 113 Å². The average molecular weight is 252 g/mol. The van der Waals surface area contributed by atoms with Crippen molar-refractivity contribution in [1.29, 1.82) is 0 Å². The van der Waals surface area contributed by atoms with Crippen LogP contribution in [0.2, 0.25) is 0 Å². The molecule has 0 saturated carbocycles. The molecule has 2 nitrogen and oxygen atoms in total. The third kappa shape index (κ3) is 2.14. The Morgan fingerprint density at radius 3 is 2.68 bits per heavy atom. The van der Waals surface area contributed by atoms with E-state index in [1.54, 1.807) is 7.11 Å². The van der Waals surface area contributed by atoms with Crippen LogP contribution in [-0.2, 0) is 6.42 Å². The third-order valence-corrected chi connectivity index (χ3v) is 3.80. The number of hydrogen-bond donors (Lipinski definition) is 0. The molecule has 1 atom stereocenters. The fourth-order valence-corrected chi connectivity index (χ4v) is 2.75. The molecule has 0 bridgehead atoms. The summed E-state index contributed by atoms with van der Waals surface area (Å²) < 4.78 is 5.25. The van der Waals surface area contributed by atoms with Crippen LogP contribution in [0.15, 0.2) is 48.5 Å². The van der Waals surface area contributed by atoms with Crippen LogP contribution >= 0.6 is 0 Å². The average Bonchev–Trinajstić information content (AvgIpc) is 2.44. The number of benzene rings is 2. The number of ether oxygens (including phenoxy) is 1. The van der Waals surface area contributed by atoms with Crippen LogP contribution in [0.4, 0.5) is 0 Å². The number of hydrogen-bond acceptors (Lipinski definition) is 2. The zero-order chi connectivity index (χ0) is 13.2. The molecule has 2 aromatic rings. The van der Waals surface area contributed by atoms with Crippen LogP contribution in [-0.4, -0.2) is 12.9 Å². The Morgan fingerprint density at radius 1 is 1.16 bits per heavy atom. The van der Waals surface area contributed by atoms with Gasteiger partial charge in [0.1, 0.15) is 5.75 Å². The van der Waals surface area contributed by atoms with Crippen molar-refractivity contribution >= 4 is 5.78 Å². The summed E-state index contributed by atoms with van der Waals surface area (Å²) in [7, 11) is 1.60. The molecule has 3 rings (SSSR count). The SMILES string of the molecule is COc1ccccc1C(=O)CC1Cc2ccccc21. The largest absolute Gasteiger partial charge is 0.496 e. The van der Waals surface area contributed by atoms with E-state index in [4.69, 9.17) is 4.74 Å². The van der Waals surface area contributed by atoms with E-state index >= 15 is 0 Å². The highest BCUT2D eigenvalue weighted by molar-refractivity contribution is 5.99. The molecule has 0 aromatic heterocycles. The van der Waals surface area contributed by atoms with Crippen LogP contribution in [0, 0.1) is 0 Å². The summed E-state index contributed by atoms with van der Waals surface area (Å²) in [5.41, 5.74) is 3.39. The van der Waals surface area contributed by atoms with Gasteiger partial charge in [0.05, 0.1) is 12.7 Å². The van der Waals surface area contributed by atoms with E-state index in [9.17, 15) is 4.79 Å². The van der Waals surface area contributed by atoms with Crippen LogP contribution in [0.3, 0.4) is 0 Å². The number of carbonyl (C=O) groups excluding carboxylic acids is 1. The summed E-state index contributed by atoms with van der Waals surface area (Å²) in [6.07, 6.45) is 1.58. The molecule has 0 radical (unpaired) electrons. The minimum absolute atomic E-state index is 0.164. The fraction of sp³-hybridized carbons (Fsp3) is 0.235. The first-order chi connectivity index (χ1) is 9.29. The first-order valence-electron chi connectivity index (χ1n) is 6.53. The lowest BCUT2D eigenvalue weighted by molar-refractivity contribution is 0.0967. The zero-order valence-electron chi connectivity index (χ0n) is 10.9. The van der Waals surface area contributed by atoms with Gasteiger partial charge in [-0.3, -0.25) is 4.79 Å². The number of fused-ring (bicyclic) bond motifs is 1. The van der Waals surface area contributed by atoms with Crippen molar-refractivity contribution in [2.75, 3.05) is 7.11 Å². The molecule has 0 fully saturated rings. The van der Waals surface area contributed by atoms with Crippen LogP contribution in [0.5, 0.6) is 5.75 Å². The van der Waals surface area contributed by atoms with Gasteiger partial charge in [-0.15, -0.1) is 0 Å². The van der Waals surface area contributed by atoms with Gasteiger partial charge in [0.25, 0.3) is 0 Å². The van der Waals surface area contributed by atoms with Crippen molar-refractivity contribution in [3.05, 3.63) is 65.2 Å². The van der Waals surface area contributed by atoms with Crippen molar-refractivity contribution < 1.29 is 9.53 Å². The maximum Gasteiger partial charge on any atom is 0.167 e. The first kappa shape index (κ1) is 12.0. The highest BCUT2D eigenvalue weighted by atomic mass is 16.5. The van der Waals surface area contributed by atoms with E-state index in [1.807, 2.05) is 30.3 Å². The number of para-hydroxylation sites is 1. The molecule has 2 aromatic carbocycles. The summed E-state index contributed by atoms with van der Waals surface area (Å²) >= 11 is 0. The Bertz CT molecular complexity index is 616. The van der Waals surface area contributed by atoms with Crippen molar-refractivity contribution in [1.82, 2.24) is 0 Å². The Morgan fingerprint density at radius 2 is 1.89 bits per heavy atom. The minimum atomic E-state index is 0.164. The Balaban J connectivity index is 1.77. The van der Waals surface area contributed by atoms with Crippen molar-refractivity contribution in [3.8, 4) is 5.75 Å². The van der Waals surface area contributed by atoms with E-state index in [0.29, 0.717) is 23.7 Å². The molecule has 96 valence electrons. The zero-order valence-corrected chi connectivity index (χ0v) is 10.9. The molecule has 1 aliphatic rings. The van der Waals surface area contributed by atoms with Crippen LogP contribution in [0.25, 0.3) is 0 Å². The normalized spacial score (nSPS) is 16.4. The standard InChI is InChI=1S/C17H16O2/c1-19-17-9-5-4-8-15(17)16(18)11-13-10-12-6-2-3-7-14(12)13/h2-9,13H,10-11H2,1H3. The molecule has 0 saturated heterocycles. The second kappa shape index (κ2) is 4.88. The van der Waals surface area contributed by atoms with E-state index in [2.05, 4.69) is 18.2 Å². The molecule has 2 heteroatoms. The summed E-state index contributed by atoms with van der Waals surface area (Å²) in [4.78, 5) is 12.4. The molecule has 19 heavy (non-hydrogen) atoms. The monoisotopic (exact) mass is 252 g/mol. The summed E-state index contributed by atoms with van der Waals surface area (Å²) in [5, 5.41) is 0. The third-order valence-electron chi connectivity index (χ3n) is 3.80. The molecular weight excluding hydrogens is 236 g/mol. The molecular formula is C17H16O2. The quantitative estimate of drug-likeness (QED) is 0.777. The van der Waals surface area contributed by atoms with Crippen molar-refractivity contribution in [3.63, 3.8) is 0 Å². The fourth-order valence-electron chi connectivity index (χ4n) is 2.75. The van der Waals surface area contributed by atoms with Gasteiger partial charge in [-0.1, -0.05) is 36.4 Å². The molecule has 0 spiro atoms. The Hall–Kier alpha value is -2.09. The highest BCUT2D eigenvalue weighted by Gasteiger charge is 2.28. The predicted octanol–water partition coefficient (Wildman–Crippen LogP) is 3.61. The van der Waals surface area contributed by atoms with Gasteiger partial charge in [-0.2, -0.15) is 0 Å². The highest BCUT2D eigenvalue weighted by Crippen LogP contribution is 2.38. The number of carbonyl (C=O) groups is 1. The lowest BCUT2D eigenvalue weighted by Gasteiger charge is -2.29. The molecule has 0 heterocycles. The predicted molar refractivity (Wildman–Crippen MR) is 74.8 cm³/mol. The summed E-state index contributed by atoms with van der Waals surface area (Å²) in [6.45, 7) is 0. The van der Waals surface area contributed by atoms with E-state index in [-0.39, 0.29) is 5.78 Å². The molecule has 0 amide bonds. The molecule has 1 unspecified atom stereocenters. The van der Waals surface area contributed by atoms with E-state index in [0.717, 1.165) is 6.42 Å². The molecule has 1 aliphatic carbocycles. The number of ketones is 1. The number of rotatable bonds is 4. The Kier molecular flexibility index (Phi) is 3.08. The van der Waals surface area contributed by atoms with Gasteiger partial charge in [0.15, 0.2) is 5.78 Å². The summed E-state index contributed by atoms with van der Waals surface area (Å²) in [5.74, 6) is 1.20. The maximum atomic E-state index is 12.4. The minimum Gasteiger partial charge on any atom is -0.496 e. The van der Waals surface area contributed by atoms with Gasteiger partial charge in [0, 0.05) is 6.42 Å². The van der Waals surface area contributed by atoms with E-state index in [1.165, 1.54) is 11.1 Å². The van der Waals surface area contributed by atoms with Gasteiger partial charge in [0.2, 0.25) is 0 Å². The van der Waals surface area contributed by atoms with Crippen molar-refractivity contribution in [2.45, 2.75) is 18.8 Å². The summed E-state index contributed by atoms with van der Waals surface area (Å²) in [6, 6.07) is 15.8. The lowest BCUT2D eigenvalue weighted by atomic mass is 9.74. The van der Waals surface area contributed by atoms with Crippen molar-refractivity contribution in [2.24, 2.45) is 0 Å². The molecule has 0 N–H and O–H groups in total. The second-order valence-electron chi connectivity index (χ2n) is 4.93. The number of Topliss-reactive ketones (excluding diaryl/α,β-unsaturated/α-hetero) is 1. The van der Waals surface area contributed by atoms with E-state index < -0.39 is 0 Å². The smallest absolute Gasteiger partial charge is 0.167 e. The first-order valence-corrected chi connectivity index (χ1v) is 6.53. The molecule has 0 aliphatic heterocycles.